The average molecular weight is 267 g/mol. The van der Waals surface area contributed by atoms with Crippen LogP contribution in [0.2, 0.25) is 0 Å². The molecule has 1 atom stereocenters. The molecular weight excluding hydrogens is 246 g/mol. The third-order valence-electron chi connectivity index (χ3n) is 2.67. The van der Waals surface area contributed by atoms with Gasteiger partial charge in [-0.3, -0.25) is 4.79 Å². The second kappa shape index (κ2) is 7.44. The molecule has 1 rings (SSSR count). The maximum atomic E-state index is 11.4. The number of carbonyl (C=O) groups is 1. The lowest BCUT2D eigenvalue weighted by molar-refractivity contribution is -0.128. The summed E-state index contributed by atoms with van der Waals surface area (Å²) < 4.78 is 0. The van der Waals surface area contributed by atoms with E-state index < -0.39 is 6.10 Å². The highest BCUT2D eigenvalue weighted by atomic mass is 32.2. The van der Waals surface area contributed by atoms with Crippen LogP contribution in [-0.4, -0.2) is 35.8 Å². The van der Waals surface area contributed by atoms with E-state index in [0.29, 0.717) is 6.42 Å². The third-order valence-corrected chi connectivity index (χ3v) is 3.76. The van der Waals surface area contributed by atoms with Gasteiger partial charge in [0.2, 0.25) is 5.91 Å². The van der Waals surface area contributed by atoms with Crippen molar-refractivity contribution in [3.63, 3.8) is 0 Å². The molecule has 0 bridgehead atoms. The molecule has 0 aliphatic carbocycles. The van der Waals surface area contributed by atoms with Crippen molar-refractivity contribution in [3.05, 3.63) is 29.8 Å². The van der Waals surface area contributed by atoms with Crippen LogP contribution in [0.3, 0.4) is 0 Å². The van der Waals surface area contributed by atoms with Crippen LogP contribution in [0.25, 0.3) is 0 Å². The Morgan fingerprint density at radius 2 is 1.94 bits per heavy atom. The van der Waals surface area contributed by atoms with Gasteiger partial charge in [-0.2, -0.15) is 0 Å². The molecule has 0 aliphatic rings. The molecule has 1 N–H and O–H groups in total. The number of carbonyl (C=O) groups excluding carboxylic acids is 1. The molecule has 100 valence electrons. The van der Waals surface area contributed by atoms with Gasteiger partial charge in [-0.15, -0.1) is 11.8 Å². The second-order valence-corrected chi connectivity index (χ2v) is 5.65. The van der Waals surface area contributed by atoms with Gasteiger partial charge in [0.1, 0.15) is 0 Å². The van der Waals surface area contributed by atoms with Crippen LogP contribution in [0.1, 0.15) is 31.4 Å². The Morgan fingerprint density at radius 1 is 1.33 bits per heavy atom. The van der Waals surface area contributed by atoms with E-state index in [0.717, 1.165) is 17.7 Å². The van der Waals surface area contributed by atoms with E-state index >= 15 is 0 Å². The number of aliphatic hydroxyl groups is 1. The summed E-state index contributed by atoms with van der Waals surface area (Å²) in [5.74, 6) is 1.12. The summed E-state index contributed by atoms with van der Waals surface area (Å²) in [5.41, 5.74) is 0.933. The largest absolute Gasteiger partial charge is 0.389 e. The van der Waals surface area contributed by atoms with Gasteiger partial charge in [-0.1, -0.05) is 12.1 Å². The van der Waals surface area contributed by atoms with Crippen molar-refractivity contribution in [1.82, 2.24) is 4.90 Å². The first kappa shape index (κ1) is 15.1. The minimum absolute atomic E-state index is 0.181. The fraction of sp³-hybridized carbons (Fsp3) is 0.500. The van der Waals surface area contributed by atoms with Gasteiger partial charge in [0.15, 0.2) is 0 Å². The number of hydrogen-bond acceptors (Lipinski definition) is 3. The smallest absolute Gasteiger partial charge is 0.222 e. The predicted octanol–water partition coefficient (Wildman–Crippen LogP) is 2.70. The van der Waals surface area contributed by atoms with E-state index in [2.05, 4.69) is 0 Å². The standard InChI is InChI=1S/C14H21NO2S/c1-11(16)12-6-8-13(9-7-12)18-10-4-5-14(17)15(2)3/h6-9,11,16H,4-5,10H2,1-3H3. The molecule has 4 heteroatoms. The van der Waals surface area contributed by atoms with Crippen molar-refractivity contribution in [3.8, 4) is 0 Å². The Bertz CT molecular complexity index is 374. The summed E-state index contributed by atoms with van der Waals surface area (Å²) >= 11 is 1.74. The number of benzene rings is 1. The maximum Gasteiger partial charge on any atom is 0.222 e. The van der Waals surface area contributed by atoms with Crippen LogP contribution < -0.4 is 0 Å². The molecule has 0 heterocycles. The van der Waals surface area contributed by atoms with Gasteiger partial charge in [0, 0.05) is 25.4 Å². The lowest BCUT2D eigenvalue weighted by Crippen LogP contribution is -2.21. The Kier molecular flexibility index (Phi) is 6.22. The average Bonchev–Trinajstić information content (AvgIpc) is 2.34. The molecule has 0 saturated heterocycles. The zero-order chi connectivity index (χ0) is 13.5. The lowest BCUT2D eigenvalue weighted by Gasteiger charge is -2.09. The molecule has 0 saturated carbocycles. The Balaban J connectivity index is 2.29. The predicted molar refractivity (Wildman–Crippen MR) is 75.7 cm³/mol. The number of thioether (sulfide) groups is 1. The van der Waals surface area contributed by atoms with Crippen LogP contribution >= 0.6 is 11.8 Å². The van der Waals surface area contributed by atoms with Crippen molar-refractivity contribution in [1.29, 1.82) is 0 Å². The molecule has 0 fully saturated rings. The highest BCUT2D eigenvalue weighted by Crippen LogP contribution is 2.22. The molecule has 1 aromatic rings. The molecule has 3 nitrogen and oxygen atoms in total. The zero-order valence-corrected chi connectivity index (χ0v) is 12.0. The molecule has 18 heavy (non-hydrogen) atoms. The van der Waals surface area contributed by atoms with Gasteiger partial charge < -0.3 is 10.0 Å². The summed E-state index contributed by atoms with van der Waals surface area (Å²) in [5, 5.41) is 9.39. The number of aliphatic hydroxyl groups excluding tert-OH is 1. The summed E-state index contributed by atoms with van der Waals surface area (Å²) in [7, 11) is 3.56. The summed E-state index contributed by atoms with van der Waals surface area (Å²) in [6, 6.07) is 7.91. The first-order valence-electron chi connectivity index (χ1n) is 6.11. The fourth-order valence-corrected chi connectivity index (χ4v) is 2.33. The topological polar surface area (TPSA) is 40.5 Å². The minimum Gasteiger partial charge on any atom is -0.389 e. The molecule has 1 amide bonds. The number of nitrogens with zero attached hydrogens (tertiary/aromatic N) is 1. The van der Waals surface area contributed by atoms with Crippen LogP contribution in [0.5, 0.6) is 0 Å². The van der Waals surface area contributed by atoms with Crippen molar-refractivity contribution in [2.24, 2.45) is 0 Å². The SMILES string of the molecule is CC(O)c1ccc(SCCCC(=O)N(C)C)cc1. The highest BCUT2D eigenvalue weighted by Gasteiger charge is 2.04. The minimum atomic E-state index is -0.415. The van der Waals surface area contributed by atoms with Gasteiger partial charge in [0.25, 0.3) is 0 Å². The second-order valence-electron chi connectivity index (χ2n) is 4.49. The Morgan fingerprint density at radius 3 is 2.44 bits per heavy atom. The van der Waals surface area contributed by atoms with E-state index in [-0.39, 0.29) is 5.91 Å². The molecule has 1 aromatic carbocycles. The number of hydrogen-bond donors (Lipinski definition) is 1. The fourth-order valence-electron chi connectivity index (χ4n) is 1.48. The van der Waals surface area contributed by atoms with E-state index in [1.807, 2.05) is 24.3 Å². The normalized spacial score (nSPS) is 12.2. The lowest BCUT2D eigenvalue weighted by atomic mass is 10.1. The van der Waals surface area contributed by atoms with Crippen molar-refractivity contribution in [2.75, 3.05) is 19.8 Å². The first-order chi connectivity index (χ1) is 8.50. The Hall–Kier alpha value is -1.00. The van der Waals surface area contributed by atoms with Crippen LogP contribution in [0, 0.1) is 0 Å². The zero-order valence-electron chi connectivity index (χ0n) is 11.2. The molecule has 0 aromatic heterocycles. The monoisotopic (exact) mass is 267 g/mol. The van der Waals surface area contributed by atoms with Gasteiger partial charge in [-0.25, -0.2) is 0 Å². The quantitative estimate of drug-likeness (QED) is 0.636. The molecule has 0 aliphatic heterocycles. The first-order valence-corrected chi connectivity index (χ1v) is 7.10. The third kappa shape index (κ3) is 5.10. The maximum absolute atomic E-state index is 11.4. The van der Waals surface area contributed by atoms with E-state index in [1.165, 1.54) is 4.90 Å². The van der Waals surface area contributed by atoms with Crippen LogP contribution in [0.4, 0.5) is 0 Å². The van der Waals surface area contributed by atoms with E-state index in [4.69, 9.17) is 0 Å². The molecular formula is C14H21NO2S. The van der Waals surface area contributed by atoms with Crippen LogP contribution in [0.15, 0.2) is 29.2 Å². The van der Waals surface area contributed by atoms with Crippen molar-refractivity contribution >= 4 is 17.7 Å². The molecule has 0 radical (unpaired) electrons. The summed E-state index contributed by atoms with van der Waals surface area (Å²) in [6.45, 7) is 1.76. The van der Waals surface area contributed by atoms with Crippen LogP contribution in [-0.2, 0) is 4.79 Å². The number of rotatable bonds is 6. The van der Waals surface area contributed by atoms with Gasteiger partial charge in [0.05, 0.1) is 6.10 Å². The molecule has 0 spiro atoms. The van der Waals surface area contributed by atoms with E-state index in [1.54, 1.807) is 37.7 Å². The Labute approximate surface area is 113 Å². The summed E-state index contributed by atoms with van der Waals surface area (Å²) in [4.78, 5) is 14.2. The summed E-state index contributed by atoms with van der Waals surface area (Å²) in [6.07, 6.45) is 1.08. The van der Waals surface area contributed by atoms with Gasteiger partial charge in [-0.05, 0) is 36.8 Å². The highest BCUT2D eigenvalue weighted by molar-refractivity contribution is 7.99. The van der Waals surface area contributed by atoms with Crippen molar-refractivity contribution < 1.29 is 9.90 Å². The van der Waals surface area contributed by atoms with E-state index in [9.17, 15) is 9.90 Å². The number of amides is 1. The molecule has 1 unspecified atom stereocenters. The van der Waals surface area contributed by atoms with Gasteiger partial charge >= 0.3 is 0 Å². The van der Waals surface area contributed by atoms with Crippen molar-refractivity contribution in [2.45, 2.75) is 30.8 Å².